The number of aliphatic carboxylic acids is 1. The number of benzene rings is 1. The van der Waals surface area contributed by atoms with E-state index in [0.717, 1.165) is 16.6 Å². The van der Waals surface area contributed by atoms with Gasteiger partial charge >= 0.3 is 5.97 Å². The first-order valence-electron chi connectivity index (χ1n) is 5.23. The molecule has 0 spiro atoms. The quantitative estimate of drug-likeness (QED) is 0.858. The molecule has 2 aromatic rings. The largest absolute Gasteiger partial charge is 0.481 e. The van der Waals surface area contributed by atoms with Crippen molar-refractivity contribution in [2.24, 2.45) is 7.05 Å². The van der Waals surface area contributed by atoms with Crippen molar-refractivity contribution in [3.05, 3.63) is 30.0 Å². The highest BCUT2D eigenvalue weighted by molar-refractivity contribution is 5.82. The molecule has 1 unspecified atom stereocenters. The van der Waals surface area contributed by atoms with Gasteiger partial charge in [0.1, 0.15) is 0 Å². The Labute approximate surface area is 93.5 Å². The Bertz CT molecular complexity index is 531. The molecule has 2 rings (SSSR count). The Balaban J connectivity index is 2.50. The lowest BCUT2D eigenvalue weighted by atomic mass is 10.0. The summed E-state index contributed by atoms with van der Waals surface area (Å²) in [6, 6.07) is 7.80. The summed E-state index contributed by atoms with van der Waals surface area (Å²) < 4.78 is 1.78. The highest BCUT2D eigenvalue weighted by atomic mass is 16.4. The molecular weight excluding hydrogens is 204 g/mol. The number of hydrogen-bond acceptors (Lipinski definition) is 2. The molecule has 1 aromatic carbocycles. The molecule has 1 heterocycles. The van der Waals surface area contributed by atoms with Crippen molar-refractivity contribution in [3.8, 4) is 0 Å². The van der Waals surface area contributed by atoms with E-state index in [0.29, 0.717) is 0 Å². The van der Waals surface area contributed by atoms with Gasteiger partial charge in [0, 0.05) is 24.0 Å². The van der Waals surface area contributed by atoms with Crippen LogP contribution < -0.4 is 0 Å². The number of rotatable bonds is 3. The fourth-order valence-electron chi connectivity index (χ4n) is 2.11. The first-order chi connectivity index (χ1) is 7.59. The molecule has 1 atom stereocenters. The summed E-state index contributed by atoms with van der Waals surface area (Å²) in [7, 11) is 1.85. The summed E-state index contributed by atoms with van der Waals surface area (Å²) in [6.45, 7) is 1.91. The summed E-state index contributed by atoms with van der Waals surface area (Å²) >= 11 is 0. The number of aryl methyl sites for hydroxylation is 1. The van der Waals surface area contributed by atoms with E-state index in [9.17, 15) is 4.79 Å². The number of aromatic nitrogens is 2. The van der Waals surface area contributed by atoms with Crippen LogP contribution in [0.1, 0.15) is 25.0 Å². The monoisotopic (exact) mass is 218 g/mol. The second-order valence-electron chi connectivity index (χ2n) is 4.02. The lowest BCUT2D eigenvalue weighted by molar-refractivity contribution is -0.137. The Morgan fingerprint density at radius 2 is 2.19 bits per heavy atom. The highest BCUT2D eigenvalue weighted by Crippen LogP contribution is 2.26. The average molecular weight is 218 g/mol. The highest BCUT2D eigenvalue weighted by Gasteiger charge is 2.17. The maximum absolute atomic E-state index is 10.7. The van der Waals surface area contributed by atoms with Gasteiger partial charge < -0.3 is 5.11 Å². The smallest absolute Gasteiger partial charge is 0.304 e. The third-order valence-electron chi connectivity index (χ3n) is 2.73. The van der Waals surface area contributed by atoms with Crippen molar-refractivity contribution < 1.29 is 9.90 Å². The lowest BCUT2D eigenvalue weighted by Gasteiger charge is -2.09. The van der Waals surface area contributed by atoms with E-state index in [4.69, 9.17) is 5.11 Å². The van der Waals surface area contributed by atoms with Crippen molar-refractivity contribution >= 4 is 16.9 Å². The summed E-state index contributed by atoms with van der Waals surface area (Å²) in [6.07, 6.45) is 0.128. The number of hydrogen-bond donors (Lipinski definition) is 1. The van der Waals surface area contributed by atoms with Crippen LogP contribution in [0.2, 0.25) is 0 Å². The SMILES string of the molecule is CC(CC(=O)O)c1c2ccccc2nn1C. The van der Waals surface area contributed by atoms with Gasteiger partial charge in [-0.25, -0.2) is 0 Å². The van der Waals surface area contributed by atoms with Crippen molar-refractivity contribution in [2.75, 3.05) is 0 Å². The molecule has 1 aromatic heterocycles. The predicted octanol–water partition coefficient (Wildman–Crippen LogP) is 2.15. The van der Waals surface area contributed by atoms with Gasteiger partial charge in [0.05, 0.1) is 11.9 Å². The average Bonchev–Trinajstić information content (AvgIpc) is 2.52. The number of carbonyl (C=O) groups is 1. The third-order valence-corrected chi connectivity index (χ3v) is 2.73. The molecule has 84 valence electrons. The van der Waals surface area contributed by atoms with Crippen LogP contribution in [-0.2, 0) is 11.8 Å². The minimum Gasteiger partial charge on any atom is -0.481 e. The summed E-state index contributed by atoms with van der Waals surface area (Å²) in [4.78, 5) is 10.7. The number of nitrogens with zero attached hydrogens (tertiary/aromatic N) is 2. The molecule has 0 saturated carbocycles. The Morgan fingerprint density at radius 3 is 2.88 bits per heavy atom. The van der Waals surface area contributed by atoms with Crippen LogP contribution in [0.4, 0.5) is 0 Å². The van der Waals surface area contributed by atoms with Crippen LogP contribution in [0.5, 0.6) is 0 Å². The van der Waals surface area contributed by atoms with Crippen LogP contribution in [0, 0.1) is 0 Å². The zero-order valence-electron chi connectivity index (χ0n) is 9.34. The molecule has 0 radical (unpaired) electrons. The molecule has 4 nitrogen and oxygen atoms in total. The molecule has 16 heavy (non-hydrogen) atoms. The van der Waals surface area contributed by atoms with Gasteiger partial charge in [0.25, 0.3) is 0 Å². The van der Waals surface area contributed by atoms with Crippen molar-refractivity contribution in [3.63, 3.8) is 0 Å². The second kappa shape index (κ2) is 3.96. The van der Waals surface area contributed by atoms with Crippen LogP contribution in [-0.4, -0.2) is 20.9 Å². The van der Waals surface area contributed by atoms with E-state index < -0.39 is 5.97 Å². The summed E-state index contributed by atoms with van der Waals surface area (Å²) in [5.41, 5.74) is 1.90. The van der Waals surface area contributed by atoms with Gasteiger partial charge in [-0.3, -0.25) is 9.48 Å². The molecule has 4 heteroatoms. The maximum Gasteiger partial charge on any atom is 0.304 e. The molecule has 0 saturated heterocycles. The van der Waals surface area contributed by atoms with E-state index in [1.807, 2.05) is 38.2 Å². The molecule has 0 amide bonds. The Kier molecular flexibility index (Phi) is 2.64. The van der Waals surface area contributed by atoms with Crippen molar-refractivity contribution in [1.82, 2.24) is 9.78 Å². The molecule has 0 fully saturated rings. The molecule has 0 aliphatic rings. The fraction of sp³-hybridized carbons (Fsp3) is 0.333. The van der Waals surface area contributed by atoms with E-state index in [1.54, 1.807) is 4.68 Å². The van der Waals surface area contributed by atoms with Crippen LogP contribution in [0.15, 0.2) is 24.3 Å². The Morgan fingerprint density at radius 1 is 1.50 bits per heavy atom. The van der Waals surface area contributed by atoms with E-state index in [-0.39, 0.29) is 12.3 Å². The van der Waals surface area contributed by atoms with Crippen LogP contribution >= 0.6 is 0 Å². The minimum absolute atomic E-state index is 0.0325. The van der Waals surface area contributed by atoms with Gasteiger partial charge in [-0.2, -0.15) is 5.10 Å². The van der Waals surface area contributed by atoms with Gasteiger partial charge in [-0.05, 0) is 6.07 Å². The number of carboxylic acids is 1. The summed E-state index contributed by atoms with van der Waals surface area (Å²) in [5.74, 6) is -0.812. The fourth-order valence-corrected chi connectivity index (χ4v) is 2.11. The third kappa shape index (κ3) is 1.78. The Hall–Kier alpha value is -1.84. The van der Waals surface area contributed by atoms with Crippen LogP contribution in [0.25, 0.3) is 10.9 Å². The molecule has 0 aliphatic carbocycles. The zero-order chi connectivity index (χ0) is 11.7. The van der Waals surface area contributed by atoms with Crippen LogP contribution in [0.3, 0.4) is 0 Å². The van der Waals surface area contributed by atoms with E-state index in [2.05, 4.69) is 5.10 Å². The lowest BCUT2D eigenvalue weighted by Crippen LogP contribution is -2.07. The van der Waals surface area contributed by atoms with E-state index in [1.165, 1.54) is 0 Å². The predicted molar refractivity (Wildman–Crippen MR) is 61.4 cm³/mol. The van der Waals surface area contributed by atoms with Gasteiger partial charge in [-0.1, -0.05) is 25.1 Å². The van der Waals surface area contributed by atoms with Gasteiger partial charge in [-0.15, -0.1) is 0 Å². The zero-order valence-corrected chi connectivity index (χ0v) is 9.34. The number of carboxylic acid groups (broad SMARTS) is 1. The standard InChI is InChI=1S/C12H14N2O2/c1-8(7-11(15)16)12-9-5-3-4-6-10(9)13-14(12)2/h3-6,8H,7H2,1-2H3,(H,15,16). The number of fused-ring (bicyclic) bond motifs is 1. The first kappa shape index (κ1) is 10.7. The van der Waals surface area contributed by atoms with Gasteiger partial charge in [0.2, 0.25) is 0 Å². The maximum atomic E-state index is 10.7. The first-order valence-corrected chi connectivity index (χ1v) is 5.23. The van der Waals surface area contributed by atoms with Crippen molar-refractivity contribution in [1.29, 1.82) is 0 Å². The minimum atomic E-state index is -0.780. The summed E-state index contributed by atoms with van der Waals surface area (Å²) in [5, 5.41) is 14.2. The molecular formula is C12H14N2O2. The van der Waals surface area contributed by atoms with Crippen molar-refractivity contribution in [2.45, 2.75) is 19.3 Å². The molecule has 0 aliphatic heterocycles. The second-order valence-corrected chi connectivity index (χ2v) is 4.02. The molecule has 1 N–H and O–H groups in total. The van der Waals surface area contributed by atoms with Gasteiger partial charge in [0.15, 0.2) is 0 Å². The van der Waals surface area contributed by atoms with E-state index >= 15 is 0 Å². The normalized spacial score (nSPS) is 12.9. The molecule has 0 bridgehead atoms. The topological polar surface area (TPSA) is 55.1 Å².